The normalized spacial score (nSPS) is 24.0. The van der Waals surface area contributed by atoms with Gasteiger partial charge in [0.2, 0.25) is 0 Å². The molecular formula is C20H36N6. The second kappa shape index (κ2) is 9.93. The molecule has 2 aliphatic rings. The molecule has 3 rings (SSSR count). The number of fused-ring (bicyclic) bond motifs is 1. The summed E-state index contributed by atoms with van der Waals surface area (Å²) in [5.41, 5.74) is 0. The number of nitrogens with one attached hydrogen (secondary N) is 2. The van der Waals surface area contributed by atoms with Gasteiger partial charge in [0, 0.05) is 38.5 Å². The third kappa shape index (κ3) is 5.45. The van der Waals surface area contributed by atoms with Crippen LogP contribution in [0.25, 0.3) is 0 Å². The first kappa shape index (κ1) is 19.2. The van der Waals surface area contributed by atoms with Crippen LogP contribution in [0.15, 0.2) is 4.99 Å². The van der Waals surface area contributed by atoms with E-state index < -0.39 is 0 Å². The number of aliphatic imine (C=N–C) groups is 1. The van der Waals surface area contributed by atoms with Crippen LogP contribution in [0.2, 0.25) is 0 Å². The Bertz CT molecular complexity index is 571. The largest absolute Gasteiger partial charge is 0.357 e. The fourth-order valence-electron chi connectivity index (χ4n) is 4.08. The molecule has 1 aliphatic carbocycles. The highest BCUT2D eigenvalue weighted by Gasteiger charge is 2.19. The summed E-state index contributed by atoms with van der Waals surface area (Å²) in [5, 5.41) is 15.9. The molecule has 1 fully saturated rings. The molecule has 1 saturated carbocycles. The first-order chi connectivity index (χ1) is 12.8. The minimum absolute atomic E-state index is 0.580. The van der Waals surface area contributed by atoms with Crippen molar-refractivity contribution < 1.29 is 0 Å². The SMILES string of the molecule is CCNC(=NCCCc1nnc2n1CCCCC2)NC1CCC(C)CC1. The molecule has 0 bridgehead atoms. The highest BCUT2D eigenvalue weighted by atomic mass is 15.3. The van der Waals surface area contributed by atoms with E-state index in [9.17, 15) is 0 Å². The molecule has 0 atom stereocenters. The molecule has 2 heterocycles. The Labute approximate surface area is 158 Å². The van der Waals surface area contributed by atoms with Crippen LogP contribution >= 0.6 is 0 Å². The Morgan fingerprint density at radius 3 is 2.81 bits per heavy atom. The highest BCUT2D eigenvalue weighted by molar-refractivity contribution is 5.80. The average Bonchev–Trinajstić information content (AvgIpc) is 2.87. The van der Waals surface area contributed by atoms with Gasteiger partial charge >= 0.3 is 0 Å². The van der Waals surface area contributed by atoms with Gasteiger partial charge in [0.05, 0.1) is 0 Å². The second-order valence-corrected chi connectivity index (χ2v) is 7.96. The molecule has 6 nitrogen and oxygen atoms in total. The standard InChI is InChI=1S/C20H36N6/c1-3-21-20(23-17-12-10-16(2)11-13-17)22-14-7-9-19-25-24-18-8-5-4-6-15-26(18)19/h16-17H,3-15H2,1-2H3,(H2,21,22,23). The molecule has 0 spiro atoms. The summed E-state index contributed by atoms with van der Waals surface area (Å²) in [5.74, 6) is 4.19. The van der Waals surface area contributed by atoms with Gasteiger partial charge in [0.15, 0.2) is 5.96 Å². The van der Waals surface area contributed by atoms with E-state index in [-0.39, 0.29) is 0 Å². The molecular weight excluding hydrogens is 324 g/mol. The summed E-state index contributed by atoms with van der Waals surface area (Å²) in [7, 11) is 0. The average molecular weight is 361 g/mol. The molecule has 0 radical (unpaired) electrons. The summed E-state index contributed by atoms with van der Waals surface area (Å²) in [6.45, 7) is 7.32. The van der Waals surface area contributed by atoms with Crippen molar-refractivity contribution in [1.29, 1.82) is 0 Å². The molecule has 146 valence electrons. The zero-order valence-electron chi connectivity index (χ0n) is 16.6. The molecule has 0 amide bonds. The van der Waals surface area contributed by atoms with Crippen LogP contribution < -0.4 is 10.6 Å². The van der Waals surface area contributed by atoms with Gasteiger partial charge in [-0.1, -0.05) is 13.3 Å². The summed E-state index contributed by atoms with van der Waals surface area (Å²) < 4.78 is 2.35. The van der Waals surface area contributed by atoms with Crippen LogP contribution in [0.4, 0.5) is 0 Å². The van der Waals surface area contributed by atoms with E-state index in [1.165, 1.54) is 50.8 Å². The smallest absolute Gasteiger partial charge is 0.191 e. The lowest BCUT2D eigenvalue weighted by atomic mass is 9.87. The lowest BCUT2D eigenvalue weighted by molar-refractivity contribution is 0.329. The molecule has 2 N–H and O–H groups in total. The number of aryl methyl sites for hydroxylation is 2. The van der Waals surface area contributed by atoms with Crippen molar-refractivity contribution in [3.63, 3.8) is 0 Å². The minimum Gasteiger partial charge on any atom is -0.357 e. The Balaban J connectivity index is 1.47. The lowest BCUT2D eigenvalue weighted by Crippen LogP contribution is -2.44. The van der Waals surface area contributed by atoms with Gasteiger partial charge in [-0.25, -0.2) is 0 Å². The highest BCUT2D eigenvalue weighted by Crippen LogP contribution is 2.23. The van der Waals surface area contributed by atoms with Crippen molar-refractivity contribution in [2.45, 2.75) is 90.6 Å². The van der Waals surface area contributed by atoms with Crippen LogP contribution in [-0.2, 0) is 19.4 Å². The van der Waals surface area contributed by atoms with Crippen LogP contribution in [0.3, 0.4) is 0 Å². The summed E-state index contributed by atoms with van der Waals surface area (Å²) in [6, 6.07) is 0.580. The topological polar surface area (TPSA) is 67.1 Å². The van der Waals surface area contributed by atoms with E-state index in [0.717, 1.165) is 56.6 Å². The Morgan fingerprint density at radius 1 is 1.15 bits per heavy atom. The van der Waals surface area contributed by atoms with Gasteiger partial charge < -0.3 is 15.2 Å². The molecule has 1 aromatic rings. The third-order valence-corrected chi connectivity index (χ3v) is 5.72. The molecule has 0 aromatic carbocycles. The fraction of sp³-hybridized carbons (Fsp3) is 0.850. The predicted molar refractivity (Wildman–Crippen MR) is 106 cm³/mol. The van der Waals surface area contributed by atoms with E-state index in [2.05, 4.69) is 39.2 Å². The first-order valence-electron chi connectivity index (χ1n) is 10.7. The maximum Gasteiger partial charge on any atom is 0.191 e. The van der Waals surface area contributed by atoms with Crippen LogP contribution in [0.5, 0.6) is 0 Å². The van der Waals surface area contributed by atoms with Crippen molar-refractivity contribution in [3.05, 3.63) is 11.6 Å². The van der Waals surface area contributed by atoms with E-state index in [4.69, 9.17) is 4.99 Å². The molecule has 6 heteroatoms. The minimum atomic E-state index is 0.580. The van der Waals surface area contributed by atoms with Gasteiger partial charge in [-0.2, -0.15) is 0 Å². The molecule has 1 aromatic heterocycles. The molecule has 1 aliphatic heterocycles. The first-order valence-corrected chi connectivity index (χ1v) is 10.7. The number of guanidine groups is 1. The Kier molecular flexibility index (Phi) is 7.32. The predicted octanol–water partition coefficient (Wildman–Crippen LogP) is 3.07. The number of hydrogen-bond donors (Lipinski definition) is 2. The monoisotopic (exact) mass is 360 g/mol. The Morgan fingerprint density at radius 2 is 2.00 bits per heavy atom. The van der Waals surface area contributed by atoms with E-state index in [0.29, 0.717) is 6.04 Å². The lowest BCUT2D eigenvalue weighted by Gasteiger charge is -2.28. The van der Waals surface area contributed by atoms with Gasteiger partial charge in [-0.3, -0.25) is 4.99 Å². The maximum atomic E-state index is 4.79. The molecule has 26 heavy (non-hydrogen) atoms. The van der Waals surface area contributed by atoms with E-state index in [1.54, 1.807) is 0 Å². The quantitative estimate of drug-likeness (QED) is 0.465. The van der Waals surface area contributed by atoms with E-state index >= 15 is 0 Å². The van der Waals surface area contributed by atoms with Crippen molar-refractivity contribution in [3.8, 4) is 0 Å². The van der Waals surface area contributed by atoms with Crippen LogP contribution in [0, 0.1) is 5.92 Å². The van der Waals surface area contributed by atoms with Crippen molar-refractivity contribution >= 4 is 5.96 Å². The van der Waals surface area contributed by atoms with Crippen molar-refractivity contribution in [2.24, 2.45) is 10.9 Å². The van der Waals surface area contributed by atoms with Crippen molar-refractivity contribution in [1.82, 2.24) is 25.4 Å². The summed E-state index contributed by atoms with van der Waals surface area (Å²) in [6.07, 6.45) is 12.1. The number of nitrogens with zero attached hydrogens (tertiary/aromatic N) is 4. The zero-order valence-corrected chi connectivity index (χ0v) is 16.6. The Hall–Kier alpha value is -1.59. The zero-order chi connectivity index (χ0) is 18.2. The third-order valence-electron chi connectivity index (χ3n) is 5.72. The maximum absolute atomic E-state index is 4.79. The number of rotatable bonds is 6. The van der Waals surface area contributed by atoms with Gasteiger partial charge in [-0.05, 0) is 57.8 Å². The van der Waals surface area contributed by atoms with Crippen LogP contribution in [0.1, 0.15) is 76.9 Å². The van der Waals surface area contributed by atoms with Gasteiger partial charge in [-0.15, -0.1) is 10.2 Å². The van der Waals surface area contributed by atoms with E-state index in [1.807, 2.05) is 0 Å². The molecule has 0 unspecified atom stereocenters. The number of hydrogen-bond acceptors (Lipinski definition) is 3. The molecule has 0 saturated heterocycles. The van der Waals surface area contributed by atoms with Crippen molar-refractivity contribution in [2.75, 3.05) is 13.1 Å². The second-order valence-electron chi connectivity index (χ2n) is 7.96. The summed E-state index contributed by atoms with van der Waals surface area (Å²) >= 11 is 0. The van der Waals surface area contributed by atoms with Gasteiger partial charge in [0.1, 0.15) is 11.6 Å². The number of aromatic nitrogens is 3. The van der Waals surface area contributed by atoms with Crippen LogP contribution in [-0.4, -0.2) is 39.9 Å². The summed E-state index contributed by atoms with van der Waals surface area (Å²) in [4.78, 5) is 4.79. The van der Waals surface area contributed by atoms with Gasteiger partial charge in [0.25, 0.3) is 0 Å². The fourth-order valence-corrected chi connectivity index (χ4v) is 4.08.